The van der Waals surface area contributed by atoms with Crippen molar-refractivity contribution < 1.29 is 5.11 Å². The molecule has 0 radical (unpaired) electrons. The number of hydrogen-bond acceptors (Lipinski definition) is 1. The van der Waals surface area contributed by atoms with E-state index >= 15 is 0 Å². The molecule has 0 bridgehead atoms. The number of aliphatic hydroxyl groups is 1. The average molecular weight is 241 g/mol. The van der Waals surface area contributed by atoms with Crippen molar-refractivity contribution in [2.24, 2.45) is 0 Å². The van der Waals surface area contributed by atoms with Crippen LogP contribution in [-0.4, -0.2) is 10.4 Å². The van der Waals surface area contributed by atoms with Gasteiger partial charge in [-0.3, -0.25) is 0 Å². The fraction of sp³-hybridized carbons (Fsp3) is 0.455. The van der Waals surface area contributed by atoms with Crippen molar-refractivity contribution in [3.8, 4) is 0 Å². The maximum Gasteiger partial charge on any atom is 0.0886 e. The van der Waals surface area contributed by atoms with Crippen LogP contribution in [0.5, 0.6) is 0 Å². The standard InChI is InChI=1S/C11H13BrO/c12-7-11(13)10-5-4-8-2-1-3-9(8)6-10/h4-6,11,13H,1-3,7H2/t11-/m0/s1. The maximum atomic E-state index is 9.61. The van der Waals surface area contributed by atoms with Crippen LogP contribution in [0.2, 0.25) is 0 Å². The monoisotopic (exact) mass is 240 g/mol. The lowest BCUT2D eigenvalue weighted by molar-refractivity contribution is 0.205. The van der Waals surface area contributed by atoms with Gasteiger partial charge in [-0.2, -0.15) is 0 Å². The molecule has 0 fully saturated rings. The lowest BCUT2D eigenvalue weighted by Crippen LogP contribution is -1.99. The Morgan fingerprint density at radius 1 is 1.31 bits per heavy atom. The van der Waals surface area contributed by atoms with E-state index in [1.54, 1.807) is 0 Å². The first kappa shape index (κ1) is 9.22. The van der Waals surface area contributed by atoms with E-state index in [0.29, 0.717) is 5.33 Å². The third-order valence-corrected chi connectivity index (χ3v) is 3.27. The lowest BCUT2D eigenvalue weighted by Gasteiger charge is -2.09. The number of benzene rings is 1. The summed E-state index contributed by atoms with van der Waals surface area (Å²) in [6, 6.07) is 6.34. The lowest BCUT2D eigenvalue weighted by atomic mass is 10.0. The highest BCUT2D eigenvalue weighted by molar-refractivity contribution is 9.09. The van der Waals surface area contributed by atoms with Crippen molar-refractivity contribution in [1.82, 2.24) is 0 Å². The van der Waals surface area contributed by atoms with Gasteiger partial charge >= 0.3 is 0 Å². The summed E-state index contributed by atoms with van der Waals surface area (Å²) < 4.78 is 0. The first-order valence-electron chi connectivity index (χ1n) is 4.67. The van der Waals surface area contributed by atoms with Crippen LogP contribution in [0.1, 0.15) is 29.2 Å². The smallest absolute Gasteiger partial charge is 0.0886 e. The van der Waals surface area contributed by atoms with E-state index in [1.165, 1.54) is 30.4 Å². The fourth-order valence-electron chi connectivity index (χ4n) is 1.89. The van der Waals surface area contributed by atoms with Crippen LogP contribution in [0.25, 0.3) is 0 Å². The van der Waals surface area contributed by atoms with Crippen molar-refractivity contribution in [1.29, 1.82) is 0 Å². The molecule has 1 aromatic rings. The zero-order chi connectivity index (χ0) is 9.26. The summed E-state index contributed by atoms with van der Waals surface area (Å²) in [6.45, 7) is 0. The zero-order valence-electron chi connectivity index (χ0n) is 7.46. The summed E-state index contributed by atoms with van der Waals surface area (Å²) in [4.78, 5) is 0. The van der Waals surface area contributed by atoms with E-state index in [-0.39, 0.29) is 6.10 Å². The van der Waals surface area contributed by atoms with Crippen molar-refractivity contribution in [2.45, 2.75) is 25.4 Å². The van der Waals surface area contributed by atoms with Crippen LogP contribution in [0.15, 0.2) is 18.2 Å². The van der Waals surface area contributed by atoms with Gasteiger partial charge in [0.1, 0.15) is 0 Å². The van der Waals surface area contributed by atoms with Crippen molar-refractivity contribution >= 4 is 15.9 Å². The molecule has 1 atom stereocenters. The van der Waals surface area contributed by atoms with Gasteiger partial charge in [-0.05, 0) is 36.0 Å². The highest BCUT2D eigenvalue weighted by Gasteiger charge is 2.13. The van der Waals surface area contributed by atoms with E-state index in [9.17, 15) is 5.11 Å². The van der Waals surface area contributed by atoms with Crippen molar-refractivity contribution in [3.05, 3.63) is 34.9 Å². The predicted octanol–water partition coefficient (Wildman–Crippen LogP) is 2.60. The van der Waals surface area contributed by atoms with Gasteiger partial charge in [0, 0.05) is 5.33 Å². The summed E-state index contributed by atoms with van der Waals surface area (Å²) in [5.41, 5.74) is 3.93. The molecule has 1 N–H and O–H groups in total. The normalized spacial score (nSPS) is 17.1. The largest absolute Gasteiger partial charge is 0.388 e. The molecule has 1 aromatic carbocycles. The molecule has 1 aliphatic carbocycles. The third kappa shape index (κ3) is 1.79. The van der Waals surface area contributed by atoms with Crippen LogP contribution in [-0.2, 0) is 12.8 Å². The highest BCUT2D eigenvalue weighted by atomic mass is 79.9. The second-order valence-corrected chi connectivity index (χ2v) is 4.20. The van der Waals surface area contributed by atoms with Crippen LogP contribution in [0, 0.1) is 0 Å². The molecule has 1 nitrogen and oxygen atoms in total. The number of aryl methyl sites for hydroxylation is 2. The minimum Gasteiger partial charge on any atom is -0.388 e. The van der Waals surface area contributed by atoms with E-state index < -0.39 is 0 Å². The zero-order valence-corrected chi connectivity index (χ0v) is 9.05. The van der Waals surface area contributed by atoms with Crippen LogP contribution < -0.4 is 0 Å². The summed E-state index contributed by atoms with van der Waals surface area (Å²) in [5, 5.41) is 10.2. The Hall–Kier alpha value is -0.340. The Morgan fingerprint density at radius 3 is 2.85 bits per heavy atom. The number of rotatable bonds is 2. The summed E-state index contributed by atoms with van der Waals surface area (Å²) in [7, 11) is 0. The molecule has 2 heteroatoms. The van der Waals surface area contributed by atoms with Gasteiger partial charge in [0.15, 0.2) is 0 Å². The van der Waals surface area contributed by atoms with Gasteiger partial charge in [-0.1, -0.05) is 34.1 Å². The van der Waals surface area contributed by atoms with Crippen LogP contribution in [0.4, 0.5) is 0 Å². The van der Waals surface area contributed by atoms with Crippen LogP contribution in [0.3, 0.4) is 0 Å². The van der Waals surface area contributed by atoms with Gasteiger partial charge in [0.2, 0.25) is 0 Å². The first-order valence-corrected chi connectivity index (χ1v) is 5.79. The van der Waals surface area contributed by atoms with Gasteiger partial charge in [0.25, 0.3) is 0 Å². The number of aliphatic hydroxyl groups excluding tert-OH is 1. The molecule has 13 heavy (non-hydrogen) atoms. The van der Waals surface area contributed by atoms with Crippen molar-refractivity contribution in [2.75, 3.05) is 5.33 Å². The van der Waals surface area contributed by atoms with Gasteiger partial charge in [-0.15, -0.1) is 0 Å². The maximum absolute atomic E-state index is 9.61. The van der Waals surface area contributed by atoms with Crippen LogP contribution >= 0.6 is 15.9 Å². The van der Waals surface area contributed by atoms with Gasteiger partial charge in [-0.25, -0.2) is 0 Å². The highest BCUT2D eigenvalue weighted by Crippen LogP contribution is 2.25. The Morgan fingerprint density at radius 2 is 2.08 bits per heavy atom. The number of fused-ring (bicyclic) bond motifs is 1. The second-order valence-electron chi connectivity index (χ2n) is 3.55. The first-order chi connectivity index (χ1) is 6.31. The molecule has 1 aliphatic rings. The molecule has 0 aliphatic heterocycles. The minimum absolute atomic E-state index is 0.356. The molecule has 2 rings (SSSR count). The number of halogens is 1. The quantitative estimate of drug-likeness (QED) is 0.789. The molecule has 0 unspecified atom stereocenters. The van der Waals surface area contributed by atoms with E-state index in [1.807, 2.05) is 6.07 Å². The van der Waals surface area contributed by atoms with E-state index in [4.69, 9.17) is 0 Å². The Balaban J connectivity index is 2.30. The Bertz CT molecular complexity index is 309. The predicted molar refractivity (Wildman–Crippen MR) is 57.2 cm³/mol. The Labute approximate surface area is 86.9 Å². The Kier molecular flexibility index (Phi) is 2.70. The fourth-order valence-corrected chi connectivity index (χ4v) is 2.26. The topological polar surface area (TPSA) is 20.2 Å². The molecular weight excluding hydrogens is 228 g/mol. The van der Waals surface area contributed by atoms with E-state index in [2.05, 4.69) is 28.1 Å². The molecule has 0 spiro atoms. The summed E-state index contributed by atoms with van der Waals surface area (Å²) in [5.74, 6) is 0. The second kappa shape index (κ2) is 3.81. The third-order valence-electron chi connectivity index (χ3n) is 2.65. The molecule has 0 amide bonds. The molecule has 0 saturated heterocycles. The summed E-state index contributed by atoms with van der Waals surface area (Å²) >= 11 is 3.28. The minimum atomic E-state index is -0.356. The number of alkyl halides is 1. The molecular formula is C11H13BrO. The number of hydrogen-bond donors (Lipinski definition) is 1. The van der Waals surface area contributed by atoms with Crippen molar-refractivity contribution in [3.63, 3.8) is 0 Å². The molecule has 0 aromatic heterocycles. The van der Waals surface area contributed by atoms with Gasteiger partial charge < -0.3 is 5.11 Å². The SMILES string of the molecule is O[C@@H](CBr)c1ccc2c(c1)CCC2. The van der Waals surface area contributed by atoms with E-state index in [0.717, 1.165) is 5.56 Å². The molecule has 70 valence electrons. The summed E-state index contributed by atoms with van der Waals surface area (Å²) in [6.07, 6.45) is 3.30. The molecule has 0 saturated carbocycles. The molecule has 0 heterocycles. The average Bonchev–Trinajstić information content (AvgIpc) is 2.63. The van der Waals surface area contributed by atoms with Gasteiger partial charge in [0.05, 0.1) is 6.10 Å².